The lowest BCUT2D eigenvalue weighted by atomic mass is 10.1. The molecular formula is C25H18BrCl2N3O5. The maximum absolute atomic E-state index is 12.5. The fourth-order valence-corrected chi connectivity index (χ4v) is 3.80. The van der Waals surface area contributed by atoms with Crippen molar-refractivity contribution in [2.75, 3.05) is 24.4 Å². The van der Waals surface area contributed by atoms with Gasteiger partial charge in [0.25, 0.3) is 11.8 Å². The minimum atomic E-state index is -0.627. The second kappa shape index (κ2) is 12.3. The van der Waals surface area contributed by atoms with Crippen LogP contribution in [0.15, 0.2) is 64.6 Å². The Labute approximate surface area is 225 Å². The van der Waals surface area contributed by atoms with Gasteiger partial charge in [-0.2, -0.15) is 5.26 Å². The first kappa shape index (κ1) is 26.9. The zero-order valence-corrected chi connectivity index (χ0v) is 21.7. The number of phenols is 1. The van der Waals surface area contributed by atoms with Gasteiger partial charge >= 0.3 is 0 Å². The summed E-state index contributed by atoms with van der Waals surface area (Å²) in [6, 6.07) is 15.6. The second-order valence-electron chi connectivity index (χ2n) is 7.17. The van der Waals surface area contributed by atoms with Crippen molar-refractivity contribution in [1.29, 1.82) is 5.26 Å². The number of hydrogen-bond acceptors (Lipinski definition) is 6. The van der Waals surface area contributed by atoms with Crippen LogP contribution >= 0.6 is 39.1 Å². The fourth-order valence-electron chi connectivity index (χ4n) is 2.93. The molecule has 3 N–H and O–H groups in total. The van der Waals surface area contributed by atoms with Gasteiger partial charge in [0.05, 0.1) is 21.6 Å². The number of aromatic hydroxyl groups is 1. The summed E-state index contributed by atoms with van der Waals surface area (Å²) >= 11 is 15.2. The Bertz CT molecular complexity index is 1370. The zero-order valence-electron chi connectivity index (χ0n) is 18.6. The van der Waals surface area contributed by atoms with E-state index >= 15 is 0 Å². The molecule has 184 valence electrons. The van der Waals surface area contributed by atoms with Crippen LogP contribution in [0.1, 0.15) is 5.56 Å². The molecule has 0 aromatic heterocycles. The van der Waals surface area contributed by atoms with Crippen LogP contribution in [0.3, 0.4) is 0 Å². The molecule has 0 heterocycles. The molecular weight excluding hydrogens is 573 g/mol. The van der Waals surface area contributed by atoms with E-state index in [1.165, 1.54) is 43.5 Å². The number of methoxy groups -OCH3 is 1. The van der Waals surface area contributed by atoms with Gasteiger partial charge in [-0.1, -0.05) is 23.2 Å². The summed E-state index contributed by atoms with van der Waals surface area (Å²) in [4.78, 5) is 24.8. The van der Waals surface area contributed by atoms with E-state index in [4.69, 9.17) is 32.7 Å². The lowest BCUT2D eigenvalue weighted by molar-refractivity contribution is -0.118. The van der Waals surface area contributed by atoms with Gasteiger partial charge in [-0.05, 0) is 82.2 Å². The highest BCUT2D eigenvalue weighted by molar-refractivity contribution is 9.10. The van der Waals surface area contributed by atoms with Crippen LogP contribution in [-0.2, 0) is 9.59 Å². The minimum Gasteiger partial charge on any atom is -0.508 e. The molecule has 3 aromatic carbocycles. The maximum Gasteiger partial charge on any atom is 0.266 e. The van der Waals surface area contributed by atoms with E-state index in [-0.39, 0.29) is 29.4 Å². The topological polar surface area (TPSA) is 121 Å². The Hall–Kier alpha value is -3.71. The molecule has 0 aliphatic rings. The van der Waals surface area contributed by atoms with Gasteiger partial charge in [-0.3, -0.25) is 9.59 Å². The Morgan fingerprint density at radius 2 is 1.75 bits per heavy atom. The third-order valence-corrected chi connectivity index (χ3v) is 5.93. The van der Waals surface area contributed by atoms with E-state index in [0.717, 1.165) is 0 Å². The predicted octanol–water partition coefficient (Wildman–Crippen LogP) is 6.03. The van der Waals surface area contributed by atoms with E-state index in [0.29, 0.717) is 31.5 Å². The van der Waals surface area contributed by atoms with Crippen LogP contribution in [0, 0.1) is 11.3 Å². The number of nitrogens with one attached hydrogen (secondary N) is 2. The molecule has 0 fully saturated rings. The van der Waals surface area contributed by atoms with Crippen LogP contribution in [0.2, 0.25) is 10.0 Å². The lowest BCUT2D eigenvalue weighted by Gasteiger charge is -2.14. The Morgan fingerprint density at radius 3 is 2.39 bits per heavy atom. The van der Waals surface area contributed by atoms with Crippen molar-refractivity contribution in [3.63, 3.8) is 0 Å². The molecule has 0 saturated carbocycles. The summed E-state index contributed by atoms with van der Waals surface area (Å²) in [7, 11) is 1.42. The lowest BCUT2D eigenvalue weighted by Crippen LogP contribution is -2.20. The molecule has 0 atom stereocenters. The number of amides is 2. The van der Waals surface area contributed by atoms with Crippen molar-refractivity contribution < 1.29 is 24.2 Å². The molecule has 2 amide bonds. The van der Waals surface area contributed by atoms with E-state index in [2.05, 4.69) is 26.6 Å². The highest BCUT2D eigenvalue weighted by Crippen LogP contribution is 2.37. The SMILES string of the molecule is COc1cc(/C=C(\C#N)C(=O)Nc2ccc(O)cc2)cc(Br)c1OCC(=O)Nc1ccc(Cl)c(Cl)c1. The van der Waals surface area contributed by atoms with Crippen molar-refractivity contribution in [1.82, 2.24) is 0 Å². The maximum atomic E-state index is 12.5. The third-order valence-electron chi connectivity index (χ3n) is 4.60. The van der Waals surface area contributed by atoms with Gasteiger partial charge in [0.1, 0.15) is 17.4 Å². The van der Waals surface area contributed by atoms with E-state index in [9.17, 15) is 20.0 Å². The molecule has 0 spiro atoms. The number of hydrogen-bond donors (Lipinski definition) is 3. The third kappa shape index (κ3) is 7.15. The fraction of sp³-hybridized carbons (Fsp3) is 0.0800. The van der Waals surface area contributed by atoms with Crippen LogP contribution in [-0.4, -0.2) is 30.6 Å². The Balaban J connectivity index is 1.73. The Morgan fingerprint density at radius 1 is 1.06 bits per heavy atom. The average molecular weight is 591 g/mol. The molecule has 3 aromatic rings. The Kier molecular flexibility index (Phi) is 9.19. The molecule has 0 radical (unpaired) electrons. The molecule has 0 unspecified atom stereocenters. The van der Waals surface area contributed by atoms with E-state index < -0.39 is 11.8 Å². The van der Waals surface area contributed by atoms with Gasteiger partial charge in [-0.15, -0.1) is 0 Å². The van der Waals surface area contributed by atoms with Crippen LogP contribution in [0.4, 0.5) is 11.4 Å². The number of halogens is 3. The number of anilines is 2. The second-order valence-corrected chi connectivity index (χ2v) is 8.84. The highest BCUT2D eigenvalue weighted by atomic mass is 79.9. The highest BCUT2D eigenvalue weighted by Gasteiger charge is 2.16. The van der Waals surface area contributed by atoms with Crippen molar-refractivity contribution in [2.45, 2.75) is 0 Å². The largest absolute Gasteiger partial charge is 0.508 e. The van der Waals surface area contributed by atoms with Gasteiger partial charge in [0.15, 0.2) is 18.1 Å². The number of ether oxygens (including phenoxy) is 2. The molecule has 0 aliphatic carbocycles. The number of rotatable bonds is 8. The molecule has 0 bridgehead atoms. The summed E-state index contributed by atoms with van der Waals surface area (Å²) in [6.45, 7) is -0.330. The van der Waals surface area contributed by atoms with Crippen LogP contribution in [0.5, 0.6) is 17.2 Å². The van der Waals surface area contributed by atoms with E-state index in [1.807, 2.05) is 6.07 Å². The number of carbonyl (C=O) groups excluding carboxylic acids is 2. The molecule has 0 aliphatic heterocycles. The van der Waals surface area contributed by atoms with E-state index in [1.54, 1.807) is 24.3 Å². The summed E-state index contributed by atoms with van der Waals surface area (Å²) in [6.07, 6.45) is 1.38. The quantitative estimate of drug-likeness (QED) is 0.167. The number of nitriles is 1. The van der Waals surface area contributed by atoms with Crippen LogP contribution in [0.25, 0.3) is 6.08 Å². The van der Waals surface area contributed by atoms with Crippen molar-refractivity contribution >= 4 is 68.4 Å². The first-order chi connectivity index (χ1) is 17.2. The molecule has 36 heavy (non-hydrogen) atoms. The first-order valence-electron chi connectivity index (χ1n) is 10.2. The van der Waals surface area contributed by atoms with Gasteiger partial charge in [0.2, 0.25) is 0 Å². The summed E-state index contributed by atoms with van der Waals surface area (Å²) in [5.41, 5.74) is 1.19. The number of nitrogens with zero attached hydrogens (tertiary/aromatic N) is 1. The van der Waals surface area contributed by atoms with Gasteiger partial charge in [-0.25, -0.2) is 0 Å². The van der Waals surface area contributed by atoms with Crippen molar-refractivity contribution in [3.05, 3.63) is 80.3 Å². The number of carbonyl (C=O) groups is 2. The standard InChI is InChI=1S/C25H18BrCl2N3O5/c1-35-22-10-14(8-15(12-29)25(34)31-16-2-5-18(32)6-3-16)9-19(26)24(22)36-13-23(33)30-17-4-7-20(27)21(28)11-17/h2-11,32H,13H2,1H3,(H,30,33)(H,31,34)/b15-8+. The molecule has 0 saturated heterocycles. The molecule has 3 rings (SSSR count). The molecule has 11 heteroatoms. The number of benzene rings is 3. The van der Waals surface area contributed by atoms with Gasteiger partial charge < -0.3 is 25.2 Å². The smallest absolute Gasteiger partial charge is 0.266 e. The van der Waals surface area contributed by atoms with Crippen molar-refractivity contribution in [2.24, 2.45) is 0 Å². The summed E-state index contributed by atoms with van der Waals surface area (Å²) in [5, 5.41) is 24.7. The summed E-state index contributed by atoms with van der Waals surface area (Å²) in [5.74, 6) is -0.489. The minimum absolute atomic E-state index is 0.0511. The monoisotopic (exact) mass is 589 g/mol. The van der Waals surface area contributed by atoms with Crippen LogP contribution < -0.4 is 20.1 Å². The normalized spacial score (nSPS) is 10.8. The summed E-state index contributed by atoms with van der Waals surface area (Å²) < 4.78 is 11.5. The average Bonchev–Trinajstić information content (AvgIpc) is 2.85. The molecule has 8 nitrogen and oxygen atoms in total. The predicted molar refractivity (Wildman–Crippen MR) is 142 cm³/mol. The zero-order chi connectivity index (χ0) is 26.2. The van der Waals surface area contributed by atoms with Gasteiger partial charge in [0, 0.05) is 11.4 Å². The van der Waals surface area contributed by atoms with Crippen molar-refractivity contribution in [3.8, 4) is 23.3 Å². The first-order valence-corrected chi connectivity index (χ1v) is 11.7. The number of phenolic OH excluding ortho intramolecular Hbond substituents is 1.